The van der Waals surface area contributed by atoms with Gasteiger partial charge >= 0.3 is 0 Å². The maximum atomic E-state index is 14.3. The van der Waals surface area contributed by atoms with E-state index in [4.69, 9.17) is 4.74 Å². The van der Waals surface area contributed by atoms with Gasteiger partial charge in [0.05, 0.1) is 17.5 Å². The Bertz CT molecular complexity index is 1020. The number of ether oxygens (including phenoxy) is 1. The lowest BCUT2D eigenvalue weighted by molar-refractivity contribution is 0.0934. The molecule has 7 heteroatoms. The second-order valence-electron chi connectivity index (χ2n) is 6.30. The second-order valence-corrected chi connectivity index (χ2v) is 8.49. The quantitative estimate of drug-likeness (QED) is 0.641. The first-order valence-electron chi connectivity index (χ1n) is 8.50. The second kappa shape index (κ2) is 7.58. The SMILES string of the molecule is COCc1c(C(=O)NC2CCSc3ccc(F)cc32)sc2cccc(F)c12. The summed E-state index contributed by atoms with van der Waals surface area (Å²) in [5.74, 6) is -0.124. The first kappa shape index (κ1) is 18.4. The van der Waals surface area contributed by atoms with Gasteiger partial charge in [0.1, 0.15) is 11.6 Å². The molecule has 140 valence electrons. The molecule has 3 nitrogen and oxygen atoms in total. The number of methoxy groups -OCH3 is 1. The molecule has 1 aromatic heterocycles. The third-order valence-corrected chi connectivity index (χ3v) is 6.89. The highest BCUT2D eigenvalue weighted by atomic mass is 32.2. The van der Waals surface area contributed by atoms with Crippen LogP contribution in [0.15, 0.2) is 41.3 Å². The molecule has 2 aromatic carbocycles. The molecule has 1 aliphatic rings. The van der Waals surface area contributed by atoms with Crippen molar-refractivity contribution in [1.82, 2.24) is 5.32 Å². The van der Waals surface area contributed by atoms with E-state index in [1.807, 2.05) is 0 Å². The summed E-state index contributed by atoms with van der Waals surface area (Å²) >= 11 is 2.90. The zero-order valence-corrected chi connectivity index (χ0v) is 16.2. The molecule has 0 saturated heterocycles. The van der Waals surface area contributed by atoms with Gasteiger partial charge in [-0.05, 0) is 42.3 Å². The molecule has 2 heterocycles. The Morgan fingerprint density at radius 1 is 1.30 bits per heavy atom. The molecule has 1 atom stereocenters. The van der Waals surface area contributed by atoms with Crippen LogP contribution in [0.2, 0.25) is 0 Å². The number of carbonyl (C=O) groups excluding carboxylic acids is 1. The van der Waals surface area contributed by atoms with Crippen LogP contribution in [0, 0.1) is 11.6 Å². The van der Waals surface area contributed by atoms with E-state index in [0.717, 1.165) is 16.2 Å². The Hall–Kier alpha value is -1.96. The van der Waals surface area contributed by atoms with Gasteiger partial charge in [-0.3, -0.25) is 4.79 Å². The fourth-order valence-electron chi connectivity index (χ4n) is 3.37. The van der Waals surface area contributed by atoms with Crippen LogP contribution in [-0.4, -0.2) is 18.8 Å². The first-order chi connectivity index (χ1) is 13.1. The van der Waals surface area contributed by atoms with E-state index in [0.29, 0.717) is 26.9 Å². The predicted octanol–water partition coefficient (Wildman–Crippen LogP) is 5.29. The van der Waals surface area contributed by atoms with Crippen LogP contribution < -0.4 is 5.32 Å². The number of benzene rings is 2. The van der Waals surface area contributed by atoms with Gasteiger partial charge in [0.15, 0.2) is 0 Å². The van der Waals surface area contributed by atoms with Crippen molar-refractivity contribution in [2.75, 3.05) is 12.9 Å². The molecule has 0 radical (unpaired) electrons. The van der Waals surface area contributed by atoms with Crippen LogP contribution in [-0.2, 0) is 11.3 Å². The topological polar surface area (TPSA) is 38.3 Å². The average Bonchev–Trinajstić information content (AvgIpc) is 3.02. The lowest BCUT2D eigenvalue weighted by Gasteiger charge is -2.26. The molecule has 0 saturated carbocycles. The van der Waals surface area contributed by atoms with Gasteiger partial charge in [0.25, 0.3) is 5.91 Å². The van der Waals surface area contributed by atoms with Crippen LogP contribution in [0.4, 0.5) is 8.78 Å². The molecule has 1 unspecified atom stereocenters. The highest BCUT2D eigenvalue weighted by molar-refractivity contribution is 7.99. The number of halogens is 2. The fraction of sp³-hybridized carbons (Fsp3) is 0.250. The largest absolute Gasteiger partial charge is 0.380 e. The molecular formula is C20H17F2NO2S2. The van der Waals surface area contributed by atoms with Crippen molar-refractivity contribution < 1.29 is 18.3 Å². The molecule has 1 amide bonds. The van der Waals surface area contributed by atoms with Crippen molar-refractivity contribution in [3.05, 3.63) is 64.0 Å². The van der Waals surface area contributed by atoms with E-state index in [-0.39, 0.29) is 30.2 Å². The third kappa shape index (κ3) is 3.47. The van der Waals surface area contributed by atoms with Gasteiger partial charge < -0.3 is 10.1 Å². The van der Waals surface area contributed by atoms with E-state index >= 15 is 0 Å². The number of hydrogen-bond acceptors (Lipinski definition) is 4. The van der Waals surface area contributed by atoms with Gasteiger partial charge in [-0.25, -0.2) is 8.78 Å². The minimum absolute atomic E-state index is 0.148. The van der Waals surface area contributed by atoms with Gasteiger partial charge in [-0.2, -0.15) is 0 Å². The van der Waals surface area contributed by atoms with Crippen molar-refractivity contribution in [3.63, 3.8) is 0 Å². The Morgan fingerprint density at radius 3 is 2.96 bits per heavy atom. The molecule has 1 N–H and O–H groups in total. The summed E-state index contributed by atoms with van der Waals surface area (Å²) in [7, 11) is 1.52. The number of thioether (sulfide) groups is 1. The number of fused-ring (bicyclic) bond motifs is 2. The number of rotatable bonds is 4. The highest BCUT2D eigenvalue weighted by Gasteiger charge is 2.26. The van der Waals surface area contributed by atoms with Crippen LogP contribution in [0.1, 0.15) is 33.3 Å². The summed E-state index contributed by atoms with van der Waals surface area (Å²) in [6.45, 7) is 0.148. The van der Waals surface area contributed by atoms with E-state index in [1.54, 1.807) is 30.0 Å². The van der Waals surface area contributed by atoms with Crippen molar-refractivity contribution in [2.24, 2.45) is 0 Å². The van der Waals surface area contributed by atoms with Crippen molar-refractivity contribution >= 4 is 39.1 Å². The minimum Gasteiger partial charge on any atom is -0.380 e. The van der Waals surface area contributed by atoms with Gasteiger partial charge in [0.2, 0.25) is 0 Å². The summed E-state index contributed by atoms with van der Waals surface area (Å²) in [5, 5.41) is 3.44. The van der Waals surface area contributed by atoms with Crippen molar-refractivity contribution in [3.8, 4) is 0 Å². The van der Waals surface area contributed by atoms with Crippen LogP contribution in [0.3, 0.4) is 0 Å². The minimum atomic E-state index is -0.365. The maximum absolute atomic E-state index is 14.3. The molecule has 0 spiro atoms. The molecule has 27 heavy (non-hydrogen) atoms. The molecule has 0 aliphatic carbocycles. The lowest BCUT2D eigenvalue weighted by Crippen LogP contribution is -2.30. The van der Waals surface area contributed by atoms with Crippen molar-refractivity contribution in [2.45, 2.75) is 24.0 Å². The number of nitrogens with one attached hydrogen (secondary N) is 1. The molecule has 0 bridgehead atoms. The summed E-state index contributed by atoms with van der Waals surface area (Å²) in [6, 6.07) is 9.20. The standard InChI is InChI=1S/C20H17F2NO2S2/c1-25-10-13-18-14(22)3-2-4-17(18)27-19(13)20(24)23-15-7-8-26-16-6-5-11(21)9-12(15)16/h2-6,9,15H,7-8,10H2,1H3,(H,23,24). The first-order valence-corrected chi connectivity index (χ1v) is 10.3. The highest BCUT2D eigenvalue weighted by Crippen LogP contribution is 2.38. The monoisotopic (exact) mass is 405 g/mol. The zero-order valence-electron chi connectivity index (χ0n) is 14.6. The molecule has 1 aliphatic heterocycles. The summed E-state index contributed by atoms with van der Waals surface area (Å²) in [5.41, 5.74) is 1.35. The van der Waals surface area contributed by atoms with Gasteiger partial charge in [-0.1, -0.05) is 6.07 Å². The summed E-state index contributed by atoms with van der Waals surface area (Å²) in [4.78, 5) is 14.4. The Morgan fingerprint density at radius 2 is 2.15 bits per heavy atom. The zero-order chi connectivity index (χ0) is 19.0. The van der Waals surface area contributed by atoms with Crippen LogP contribution in [0.5, 0.6) is 0 Å². The Kier molecular flexibility index (Phi) is 5.16. The van der Waals surface area contributed by atoms with Crippen molar-refractivity contribution in [1.29, 1.82) is 0 Å². The van der Waals surface area contributed by atoms with E-state index < -0.39 is 0 Å². The van der Waals surface area contributed by atoms with E-state index in [9.17, 15) is 13.6 Å². The molecule has 3 aromatic rings. The van der Waals surface area contributed by atoms with E-state index in [2.05, 4.69) is 5.32 Å². The number of thiophene rings is 1. The predicted molar refractivity (Wildman–Crippen MR) is 104 cm³/mol. The molecule has 0 fully saturated rings. The number of carbonyl (C=O) groups is 1. The Labute approximate surface area is 163 Å². The smallest absolute Gasteiger partial charge is 0.262 e. The van der Waals surface area contributed by atoms with Gasteiger partial charge in [0, 0.05) is 33.4 Å². The molecular weight excluding hydrogens is 388 g/mol. The normalized spacial score (nSPS) is 16.3. The lowest BCUT2D eigenvalue weighted by atomic mass is 10.0. The number of hydrogen-bond donors (Lipinski definition) is 1. The summed E-state index contributed by atoms with van der Waals surface area (Å²) < 4.78 is 33.9. The van der Waals surface area contributed by atoms with Crippen LogP contribution >= 0.6 is 23.1 Å². The third-order valence-electron chi connectivity index (χ3n) is 4.57. The average molecular weight is 405 g/mol. The molecule has 4 rings (SSSR count). The van der Waals surface area contributed by atoms with E-state index in [1.165, 1.54) is 36.6 Å². The Balaban J connectivity index is 1.70. The van der Waals surface area contributed by atoms with Gasteiger partial charge in [-0.15, -0.1) is 23.1 Å². The fourth-order valence-corrected chi connectivity index (χ4v) is 5.60. The summed E-state index contributed by atoms with van der Waals surface area (Å²) in [6.07, 6.45) is 0.714. The maximum Gasteiger partial charge on any atom is 0.262 e. The number of amides is 1. The van der Waals surface area contributed by atoms with Crippen LogP contribution in [0.25, 0.3) is 10.1 Å².